The van der Waals surface area contributed by atoms with E-state index < -0.39 is 11.5 Å². The standard InChI is InChI=1S/C10H12N2O4/c1-15-10(14)6-5-11-8(12-9(6)13)7-3-2-4-16-7/h5,7H,2-4H2,1H3,(H,11,12,13). The molecule has 16 heavy (non-hydrogen) atoms. The van der Waals surface area contributed by atoms with Gasteiger partial charge < -0.3 is 14.5 Å². The monoisotopic (exact) mass is 224 g/mol. The van der Waals surface area contributed by atoms with Crippen molar-refractivity contribution in [3.63, 3.8) is 0 Å². The molecule has 0 spiro atoms. The molecule has 0 radical (unpaired) electrons. The number of hydrogen-bond donors (Lipinski definition) is 1. The Hall–Kier alpha value is -1.69. The van der Waals surface area contributed by atoms with Gasteiger partial charge in [-0.1, -0.05) is 0 Å². The zero-order valence-corrected chi connectivity index (χ0v) is 8.86. The molecule has 1 unspecified atom stereocenters. The van der Waals surface area contributed by atoms with Crippen molar-refractivity contribution >= 4 is 5.97 Å². The van der Waals surface area contributed by atoms with E-state index >= 15 is 0 Å². The van der Waals surface area contributed by atoms with E-state index in [4.69, 9.17) is 4.74 Å². The largest absolute Gasteiger partial charge is 0.465 e. The lowest BCUT2D eigenvalue weighted by atomic mass is 10.2. The van der Waals surface area contributed by atoms with Crippen molar-refractivity contribution in [2.45, 2.75) is 18.9 Å². The molecule has 0 aliphatic carbocycles. The quantitative estimate of drug-likeness (QED) is 0.736. The number of methoxy groups -OCH3 is 1. The van der Waals surface area contributed by atoms with Crippen molar-refractivity contribution in [2.24, 2.45) is 0 Å². The van der Waals surface area contributed by atoms with E-state index in [0.29, 0.717) is 12.4 Å². The number of carbonyl (C=O) groups excluding carboxylic acids is 1. The summed E-state index contributed by atoms with van der Waals surface area (Å²) in [5.74, 6) is -0.220. The van der Waals surface area contributed by atoms with E-state index in [2.05, 4.69) is 14.7 Å². The topological polar surface area (TPSA) is 81.3 Å². The summed E-state index contributed by atoms with van der Waals surface area (Å²) in [5.41, 5.74) is -0.586. The van der Waals surface area contributed by atoms with Crippen LogP contribution in [0.1, 0.15) is 35.1 Å². The predicted octanol–water partition coefficient (Wildman–Crippen LogP) is 0.408. The van der Waals surface area contributed by atoms with Crippen LogP contribution in [0.3, 0.4) is 0 Å². The molecule has 6 heteroatoms. The Morgan fingerprint density at radius 3 is 3.06 bits per heavy atom. The van der Waals surface area contributed by atoms with Crippen molar-refractivity contribution in [3.05, 3.63) is 27.9 Å². The van der Waals surface area contributed by atoms with Crippen molar-refractivity contribution in [3.8, 4) is 0 Å². The molecular formula is C10H12N2O4. The van der Waals surface area contributed by atoms with Crippen LogP contribution in [0.15, 0.2) is 11.0 Å². The van der Waals surface area contributed by atoms with Gasteiger partial charge in [0.05, 0.1) is 7.11 Å². The lowest BCUT2D eigenvalue weighted by Gasteiger charge is -2.08. The lowest BCUT2D eigenvalue weighted by molar-refractivity contribution is 0.0597. The molecule has 1 aliphatic rings. The molecule has 1 aromatic rings. The van der Waals surface area contributed by atoms with Crippen molar-refractivity contribution in [1.29, 1.82) is 0 Å². The van der Waals surface area contributed by atoms with Crippen LogP contribution in [-0.4, -0.2) is 29.7 Å². The molecule has 0 saturated carbocycles. The molecule has 86 valence electrons. The van der Waals surface area contributed by atoms with Crippen LogP contribution in [0.5, 0.6) is 0 Å². The van der Waals surface area contributed by atoms with Gasteiger partial charge in [0.25, 0.3) is 5.56 Å². The van der Waals surface area contributed by atoms with E-state index in [-0.39, 0.29) is 11.7 Å². The molecule has 1 atom stereocenters. The molecule has 1 N–H and O–H groups in total. The van der Waals surface area contributed by atoms with Crippen LogP contribution in [0.2, 0.25) is 0 Å². The number of rotatable bonds is 2. The van der Waals surface area contributed by atoms with Gasteiger partial charge in [0.15, 0.2) is 0 Å². The summed E-state index contributed by atoms with van der Waals surface area (Å²) in [7, 11) is 1.22. The van der Waals surface area contributed by atoms with Gasteiger partial charge in [-0.25, -0.2) is 9.78 Å². The van der Waals surface area contributed by atoms with Gasteiger partial charge in [-0.15, -0.1) is 0 Å². The number of nitrogens with zero attached hydrogens (tertiary/aromatic N) is 1. The number of aromatic nitrogens is 2. The summed E-state index contributed by atoms with van der Waals surface area (Å²) in [4.78, 5) is 29.2. The second kappa shape index (κ2) is 4.44. The van der Waals surface area contributed by atoms with Crippen LogP contribution < -0.4 is 5.56 Å². The molecule has 1 aromatic heterocycles. The smallest absolute Gasteiger partial charge is 0.345 e. The highest BCUT2D eigenvalue weighted by molar-refractivity contribution is 5.88. The highest BCUT2D eigenvalue weighted by atomic mass is 16.5. The fourth-order valence-electron chi connectivity index (χ4n) is 1.62. The molecule has 0 aromatic carbocycles. The first kappa shape index (κ1) is 10.8. The first-order valence-electron chi connectivity index (χ1n) is 5.01. The second-order valence-corrected chi connectivity index (χ2v) is 3.50. The zero-order valence-electron chi connectivity index (χ0n) is 8.86. The van der Waals surface area contributed by atoms with Gasteiger partial charge in [-0.2, -0.15) is 0 Å². The van der Waals surface area contributed by atoms with Crippen LogP contribution in [0.4, 0.5) is 0 Å². The van der Waals surface area contributed by atoms with Crippen molar-refractivity contribution in [2.75, 3.05) is 13.7 Å². The van der Waals surface area contributed by atoms with E-state index in [1.165, 1.54) is 13.3 Å². The number of aromatic amines is 1. The van der Waals surface area contributed by atoms with E-state index in [1.54, 1.807) is 0 Å². The Morgan fingerprint density at radius 1 is 1.69 bits per heavy atom. The molecular weight excluding hydrogens is 212 g/mol. The van der Waals surface area contributed by atoms with Crippen molar-refractivity contribution in [1.82, 2.24) is 9.97 Å². The molecule has 0 amide bonds. The number of hydrogen-bond acceptors (Lipinski definition) is 5. The molecule has 0 bridgehead atoms. The average Bonchev–Trinajstić information content (AvgIpc) is 2.81. The van der Waals surface area contributed by atoms with Gasteiger partial charge in [0, 0.05) is 12.8 Å². The van der Waals surface area contributed by atoms with Gasteiger partial charge in [-0.3, -0.25) is 4.79 Å². The number of ether oxygens (including phenoxy) is 2. The average molecular weight is 224 g/mol. The van der Waals surface area contributed by atoms with Gasteiger partial charge >= 0.3 is 5.97 Å². The minimum absolute atomic E-state index is 0.0933. The third-order valence-corrected chi connectivity index (χ3v) is 2.46. The summed E-state index contributed by atoms with van der Waals surface area (Å²) < 4.78 is 9.82. The van der Waals surface area contributed by atoms with Gasteiger partial charge in [-0.05, 0) is 12.8 Å². The maximum Gasteiger partial charge on any atom is 0.345 e. The SMILES string of the molecule is COC(=O)c1cnc(C2CCCO2)[nH]c1=O. The Kier molecular flexibility index (Phi) is 3.00. The number of H-pyrrole nitrogens is 1. The fraction of sp³-hybridized carbons (Fsp3) is 0.500. The summed E-state index contributed by atoms with van der Waals surface area (Å²) in [6.07, 6.45) is 2.84. The summed E-state index contributed by atoms with van der Waals surface area (Å²) in [6.45, 7) is 0.674. The van der Waals surface area contributed by atoms with Crippen LogP contribution in [0.25, 0.3) is 0 Å². The van der Waals surface area contributed by atoms with E-state index in [9.17, 15) is 9.59 Å². The Bertz CT molecular complexity index is 448. The molecule has 2 rings (SSSR count). The normalized spacial score (nSPS) is 19.7. The van der Waals surface area contributed by atoms with Crippen LogP contribution in [0, 0.1) is 0 Å². The van der Waals surface area contributed by atoms with Gasteiger partial charge in [0.1, 0.15) is 17.5 Å². The lowest BCUT2D eigenvalue weighted by Crippen LogP contribution is -2.22. The van der Waals surface area contributed by atoms with Gasteiger partial charge in [0.2, 0.25) is 0 Å². The minimum Gasteiger partial charge on any atom is -0.465 e. The number of carbonyl (C=O) groups is 1. The molecule has 6 nitrogen and oxygen atoms in total. The predicted molar refractivity (Wildman–Crippen MR) is 54.1 cm³/mol. The Labute approximate surface area is 91.6 Å². The zero-order chi connectivity index (χ0) is 11.5. The third-order valence-electron chi connectivity index (χ3n) is 2.46. The molecule has 2 heterocycles. The highest BCUT2D eigenvalue weighted by Crippen LogP contribution is 2.24. The Balaban J connectivity index is 2.28. The fourth-order valence-corrected chi connectivity index (χ4v) is 1.62. The molecule has 1 aliphatic heterocycles. The van der Waals surface area contributed by atoms with E-state index in [0.717, 1.165) is 12.8 Å². The van der Waals surface area contributed by atoms with Crippen LogP contribution >= 0.6 is 0 Å². The highest BCUT2D eigenvalue weighted by Gasteiger charge is 2.21. The number of nitrogens with one attached hydrogen (secondary N) is 1. The molecule has 1 saturated heterocycles. The minimum atomic E-state index is -0.687. The summed E-state index contributed by atoms with van der Waals surface area (Å²) in [5, 5.41) is 0. The summed E-state index contributed by atoms with van der Waals surface area (Å²) in [6, 6.07) is 0. The maximum absolute atomic E-state index is 11.5. The first-order valence-corrected chi connectivity index (χ1v) is 5.01. The maximum atomic E-state index is 11.5. The summed E-state index contributed by atoms with van der Waals surface area (Å²) >= 11 is 0. The second-order valence-electron chi connectivity index (χ2n) is 3.50. The van der Waals surface area contributed by atoms with E-state index in [1.807, 2.05) is 0 Å². The van der Waals surface area contributed by atoms with Crippen molar-refractivity contribution < 1.29 is 14.3 Å². The molecule has 1 fully saturated rings. The first-order chi connectivity index (χ1) is 7.72. The Morgan fingerprint density at radius 2 is 2.50 bits per heavy atom. The number of esters is 1. The van der Waals surface area contributed by atoms with Crippen LogP contribution in [-0.2, 0) is 9.47 Å². The third kappa shape index (κ3) is 1.96.